The highest BCUT2D eigenvalue weighted by molar-refractivity contribution is 6.26. The zero-order valence-corrected chi connectivity index (χ0v) is 27.7. The Morgan fingerprint density at radius 2 is 0.941 bits per heavy atom. The van der Waals surface area contributed by atoms with Gasteiger partial charge in [0.05, 0.1) is 0 Å². The van der Waals surface area contributed by atoms with E-state index < -0.39 is 0 Å². The predicted molar refractivity (Wildman–Crippen MR) is 216 cm³/mol. The molecule has 10 aromatic rings. The molecule has 0 atom stereocenters. The molecule has 0 spiro atoms. The second kappa shape index (κ2) is 10.9. The molecular weight excluding hydrogens is 617 g/mol. The normalized spacial score (nSPS) is 12.1. The Morgan fingerprint density at radius 1 is 0.275 bits per heavy atom. The van der Waals surface area contributed by atoms with E-state index in [1.807, 2.05) is 6.07 Å². The molecule has 0 unspecified atom stereocenters. The minimum Gasteiger partial charge on any atom is -0.456 e. The molecule has 0 amide bonds. The molecule has 1 aliphatic heterocycles. The number of ether oxygens (including phenoxy) is 1. The van der Waals surface area contributed by atoms with E-state index >= 15 is 0 Å². The summed E-state index contributed by atoms with van der Waals surface area (Å²) >= 11 is 0. The van der Waals surface area contributed by atoms with Gasteiger partial charge < -0.3 is 4.74 Å². The van der Waals surface area contributed by atoms with E-state index in [9.17, 15) is 0 Å². The average Bonchev–Trinajstić information content (AvgIpc) is 3.20. The van der Waals surface area contributed by atoms with Crippen LogP contribution in [0, 0.1) is 0 Å². The average molecular weight is 647 g/mol. The van der Waals surface area contributed by atoms with Crippen LogP contribution in [0.1, 0.15) is 0 Å². The van der Waals surface area contributed by atoms with E-state index in [1.54, 1.807) is 0 Å². The fourth-order valence-corrected chi connectivity index (χ4v) is 8.50. The van der Waals surface area contributed by atoms with Crippen LogP contribution in [-0.4, -0.2) is 0 Å². The third-order valence-electron chi connectivity index (χ3n) is 10.8. The standard InChI is InChI=1S/C50H30O/c1-2-11-31(12-3-1)35-27-36(39-25-26-47-50-42(39)18-10-19-43(50)41-17-8-9-20-46(41)51-47)29-37(28-35)49-44-24-23-32-13-4-6-15-38(32)45(44)30-34-22-21-33-14-5-7-16-40(33)48(34)49/h1-30H. The Hall–Kier alpha value is -6.70. The van der Waals surface area contributed by atoms with Gasteiger partial charge in [-0.25, -0.2) is 0 Å². The van der Waals surface area contributed by atoms with Gasteiger partial charge in [-0.1, -0.05) is 146 Å². The van der Waals surface area contributed by atoms with Gasteiger partial charge >= 0.3 is 0 Å². The largest absolute Gasteiger partial charge is 0.456 e. The molecule has 0 aromatic heterocycles. The van der Waals surface area contributed by atoms with Crippen molar-refractivity contribution in [2.24, 2.45) is 0 Å². The molecule has 1 aliphatic rings. The fourth-order valence-electron chi connectivity index (χ4n) is 8.50. The van der Waals surface area contributed by atoms with Crippen LogP contribution in [0.25, 0.3) is 98.4 Å². The highest BCUT2D eigenvalue weighted by Gasteiger charge is 2.22. The third-order valence-corrected chi connectivity index (χ3v) is 10.8. The monoisotopic (exact) mass is 646 g/mol. The van der Waals surface area contributed by atoms with Crippen molar-refractivity contribution in [3.8, 4) is 56.0 Å². The van der Waals surface area contributed by atoms with E-state index in [0.29, 0.717) is 0 Å². The van der Waals surface area contributed by atoms with Gasteiger partial charge in [0.15, 0.2) is 0 Å². The lowest BCUT2D eigenvalue weighted by atomic mass is 9.84. The number of fused-ring (bicyclic) bond motifs is 8. The quantitative estimate of drug-likeness (QED) is 0.137. The Morgan fingerprint density at radius 3 is 1.84 bits per heavy atom. The first-order chi connectivity index (χ1) is 25.3. The molecule has 1 nitrogen and oxygen atoms in total. The molecule has 0 radical (unpaired) electrons. The molecule has 10 aromatic carbocycles. The minimum absolute atomic E-state index is 0.904. The fraction of sp³-hybridized carbons (Fsp3) is 0. The van der Waals surface area contributed by atoms with Crippen molar-refractivity contribution < 1.29 is 4.74 Å². The highest BCUT2D eigenvalue weighted by Crippen LogP contribution is 2.50. The van der Waals surface area contributed by atoms with Crippen molar-refractivity contribution in [1.29, 1.82) is 0 Å². The number of para-hydroxylation sites is 1. The van der Waals surface area contributed by atoms with Crippen molar-refractivity contribution in [3.63, 3.8) is 0 Å². The van der Waals surface area contributed by atoms with Crippen LogP contribution in [0.4, 0.5) is 0 Å². The van der Waals surface area contributed by atoms with E-state index in [4.69, 9.17) is 4.74 Å². The van der Waals surface area contributed by atoms with Crippen LogP contribution in [0.15, 0.2) is 182 Å². The molecule has 0 fully saturated rings. The van der Waals surface area contributed by atoms with Gasteiger partial charge in [-0.15, -0.1) is 0 Å². The topological polar surface area (TPSA) is 9.23 Å². The van der Waals surface area contributed by atoms with Crippen LogP contribution in [0.3, 0.4) is 0 Å². The number of rotatable bonds is 3. The molecule has 0 saturated carbocycles. The first-order valence-corrected chi connectivity index (χ1v) is 17.6. The molecule has 0 aliphatic carbocycles. The predicted octanol–water partition coefficient (Wildman–Crippen LogP) is 14.2. The molecule has 1 heterocycles. The first-order valence-electron chi connectivity index (χ1n) is 17.6. The third kappa shape index (κ3) is 4.28. The van der Waals surface area contributed by atoms with E-state index in [2.05, 4.69) is 176 Å². The van der Waals surface area contributed by atoms with Gasteiger partial charge in [0.25, 0.3) is 0 Å². The van der Waals surface area contributed by atoms with Crippen LogP contribution in [0.5, 0.6) is 11.5 Å². The van der Waals surface area contributed by atoms with E-state index in [1.165, 1.54) is 87.4 Å². The molecule has 51 heavy (non-hydrogen) atoms. The summed E-state index contributed by atoms with van der Waals surface area (Å²) < 4.78 is 6.50. The van der Waals surface area contributed by atoms with Crippen LogP contribution in [-0.2, 0) is 0 Å². The summed E-state index contributed by atoms with van der Waals surface area (Å²) in [6.45, 7) is 0. The summed E-state index contributed by atoms with van der Waals surface area (Å²) in [7, 11) is 0. The maximum atomic E-state index is 6.50. The first kappa shape index (κ1) is 28.2. The second-order valence-corrected chi connectivity index (χ2v) is 13.6. The number of benzene rings is 10. The lowest BCUT2D eigenvalue weighted by Crippen LogP contribution is -1.97. The van der Waals surface area contributed by atoms with Crippen molar-refractivity contribution in [1.82, 2.24) is 0 Å². The van der Waals surface area contributed by atoms with Crippen molar-refractivity contribution in [3.05, 3.63) is 182 Å². The Labute approximate surface area is 295 Å². The molecule has 0 bridgehead atoms. The van der Waals surface area contributed by atoms with E-state index in [-0.39, 0.29) is 0 Å². The van der Waals surface area contributed by atoms with Crippen molar-refractivity contribution in [2.45, 2.75) is 0 Å². The summed E-state index contributed by atoms with van der Waals surface area (Å²) in [5.74, 6) is 1.81. The van der Waals surface area contributed by atoms with Gasteiger partial charge in [-0.05, 0) is 124 Å². The number of hydrogen-bond donors (Lipinski definition) is 0. The lowest BCUT2D eigenvalue weighted by molar-refractivity contribution is 0.487. The van der Waals surface area contributed by atoms with Gasteiger partial charge in [0.2, 0.25) is 0 Å². The second-order valence-electron chi connectivity index (χ2n) is 13.6. The molecular formula is C50H30O. The molecule has 1 heteroatoms. The van der Waals surface area contributed by atoms with Crippen molar-refractivity contribution in [2.75, 3.05) is 0 Å². The zero-order valence-electron chi connectivity index (χ0n) is 27.7. The lowest BCUT2D eigenvalue weighted by Gasteiger charge is -2.23. The molecule has 0 N–H and O–H groups in total. The van der Waals surface area contributed by atoms with Gasteiger partial charge in [-0.3, -0.25) is 0 Å². The minimum atomic E-state index is 0.904. The highest BCUT2D eigenvalue weighted by atomic mass is 16.5. The van der Waals surface area contributed by atoms with Crippen LogP contribution >= 0.6 is 0 Å². The molecule has 0 saturated heterocycles. The maximum absolute atomic E-state index is 6.50. The molecule has 11 rings (SSSR count). The van der Waals surface area contributed by atoms with Gasteiger partial charge in [0.1, 0.15) is 11.5 Å². The number of hydrogen-bond acceptors (Lipinski definition) is 1. The van der Waals surface area contributed by atoms with Crippen LogP contribution < -0.4 is 4.74 Å². The Bertz CT molecular complexity index is 3040. The van der Waals surface area contributed by atoms with E-state index in [0.717, 1.165) is 22.4 Å². The summed E-state index contributed by atoms with van der Waals surface area (Å²) in [6.07, 6.45) is 0. The van der Waals surface area contributed by atoms with Crippen LogP contribution in [0.2, 0.25) is 0 Å². The van der Waals surface area contributed by atoms with Gasteiger partial charge in [-0.2, -0.15) is 0 Å². The summed E-state index contributed by atoms with van der Waals surface area (Å²) in [6, 6.07) is 66.5. The molecule has 236 valence electrons. The Balaban J connectivity index is 1.27. The van der Waals surface area contributed by atoms with Crippen molar-refractivity contribution >= 4 is 53.9 Å². The SMILES string of the molecule is c1ccc(-c2cc(-c3ccc4c5c(cccc35)-c3ccccc3O4)cc(-c3c4ccc5ccccc5c4cc4ccc5ccccc5c34)c2)cc1. The summed E-state index contributed by atoms with van der Waals surface area (Å²) in [5.41, 5.74) is 9.57. The summed E-state index contributed by atoms with van der Waals surface area (Å²) in [4.78, 5) is 0. The zero-order chi connectivity index (χ0) is 33.5. The summed E-state index contributed by atoms with van der Waals surface area (Å²) in [5, 5.41) is 12.5. The Kier molecular flexibility index (Phi) is 6.02. The van der Waals surface area contributed by atoms with Gasteiger partial charge in [0, 0.05) is 10.9 Å². The smallest absolute Gasteiger partial charge is 0.135 e. The maximum Gasteiger partial charge on any atom is 0.135 e.